The first kappa shape index (κ1) is 28.3. The molecule has 214 valence electrons. The molecule has 0 aliphatic carbocycles. The van der Waals surface area contributed by atoms with Crippen molar-refractivity contribution in [2.45, 2.75) is 16.1 Å². The number of aromatic nitrogens is 2. The molecule has 1 aromatic heterocycles. The van der Waals surface area contributed by atoms with Crippen molar-refractivity contribution >= 4 is 45.7 Å². The number of carbonyl (C=O) groups is 2. The lowest BCUT2D eigenvalue weighted by Gasteiger charge is -2.23. The average molecular weight is 614 g/mol. The van der Waals surface area contributed by atoms with E-state index >= 15 is 0 Å². The maximum atomic E-state index is 13.6. The van der Waals surface area contributed by atoms with E-state index in [0.717, 1.165) is 29.0 Å². The molecule has 1 N–H and O–H groups in total. The van der Waals surface area contributed by atoms with Crippen molar-refractivity contribution in [3.8, 4) is 11.5 Å². The van der Waals surface area contributed by atoms with E-state index in [0.29, 0.717) is 27.2 Å². The molecule has 1 amide bonds. The summed E-state index contributed by atoms with van der Waals surface area (Å²) < 4.78 is 33.4. The zero-order valence-electron chi connectivity index (χ0n) is 22.2. The van der Waals surface area contributed by atoms with E-state index in [-0.39, 0.29) is 22.1 Å². The summed E-state index contributed by atoms with van der Waals surface area (Å²) in [5.41, 5.74) is 1.35. The van der Waals surface area contributed by atoms with Crippen LogP contribution in [-0.4, -0.2) is 27.0 Å². The van der Waals surface area contributed by atoms with Gasteiger partial charge in [0.2, 0.25) is 5.13 Å². The topological polar surface area (TPSA) is 92.6 Å². The quantitative estimate of drug-likeness (QED) is 0.0636. The van der Waals surface area contributed by atoms with Gasteiger partial charge in [-0.25, -0.2) is 8.78 Å². The summed E-state index contributed by atoms with van der Waals surface area (Å²) in [6, 6.07) is 25.9. The molecule has 1 fully saturated rings. The Morgan fingerprint density at radius 1 is 0.860 bits per heavy atom. The predicted molar refractivity (Wildman–Crippen MR) is 160 cm³/mol. The lowest BCUT2D eigenvalue weighted by atomic mass is 9.95. The SMILES string of the molecule is O=C1C(=O)N(c2nnc(SCc3ccc(F)cc3)s2)C(c2cccc(Oc3ccccc3)c2)/C1=C(/O)c1ccc(F)cc1. The molecule has 1 atom stereocenters. The van der Waals surface area contributed by atoms with E-state index in [2.05, 4.69) is 10.2 Å². The summed E-state index contributed by atoms with van der Waals surface area (Å²) in [6.45, 7) is 0. The third-order valence-corrected chi connectivity index (χ3v) is 8.72. The smallest absolute Gasteiger partial charge is 0.301 e. The van der Waals surface area contributed by atoms with Crippen LogP contribution in [0.2, 0.25) is 0 Å². The van der Waals surface area contributed by atoms with Crippen LogP contribution < -0.4 is 9.64 Å². The highest BCUT2D eigenvalue weighted by molar-refractivity contribution is 8.00. The first-order chi connectivity index (χ1) is 20.9. The molecule has 0 bridgehead atoms. The largest absolute Gasteiger partial charge is 0.507 e. The minimum Gasteiger partial charge on any atom is -0.507 e. The van der Waals surface area contributed by atoms with E-state index in [4.69, 9.17) is 4.74 Å². The molecule has 0 spiro atoms. The highest BCUT2D eigenvalue weighted by Gasteiger charge is 2.48. The van der Waals surface area contributed by atoms with Crippen LogP contribution in [0.3, 0.4) is 0 Å². The molecule has 0 saturated carbocycles. The summed E-state index contributed by atoms with van der Waals surface area (Å²) in [5, 5.41) is 19.9. The molecule has 0 radical (unpaired) electrons. The first-order valence-corrected chi connectivity index (χ1v) is 14.8. The number of para-hydroxylation sites is 1. The summed E-state index contributed by atoms with van der Waals surface area (Å²) in [6.07, 6.45) is 0. The molecule has 1 aliphatic heterocycles. The third kappa shape index (κ3) is 6.04. The number of aliphatic hydroxyl groups is 1. The molecule has 43 heavy (non-hydrogen) atoms. The van der Waals surface area contributed by atoms with E-state index < -0.39 is 29.3 Å². The fourth-order valence-corrected chi connectivity index (χ4v) is 6.39. The van der Waals surface area contributed by atoms with E-state index in [1.165, 1.54) is 40.9 Å². The first-order valence-electron chi connectivity index (χ1n) is 13.0. The van der Waals surface area contributed by atoms with Crippen molar-refractivity contribution in [2.75, 3.05) is 4.90 Å². The minimum atomic E-state index is -1.08. The molecule has 1 aliphatic rings. The number of hydrogen-bond acceptors (Lipinski definition) is 8. The number of benzene rings is 4. The second-order valence-electron chi connectivity index (χ2n) is 9.43. The standard InChI is InChI=1S/C32H21F2N3O4S2/c33-22-13-9-19(10-14-22)18-42-32-36-35-31(43-32)37-27(21-5-4-8-25(17-21)41-24-6-2-1-3-7-24)26(29(39)30(37)40)28(38)20-11-15-23(34)16-12-20/h1-17,27,38H,18H2/b28-26-. The Bertz CT molecular complexity index is 1830. The molecular formula is C32H21F2N3O4S2. The van der Waals surface area contributed by atoms with Crippen LogP contribution in [0.15, 0.2) is 113 Å². The van der Waals surface area contributed by atoms with Crippen molar-refractivity contribution in [1.29, 1.82) is 0 Å². The Morgan fingerprint density at radius 2 is 1.53 bits per heavy atom. The van der Waals surface area contributed by atoms with E-state index in [9.17, 15) is 23.5 Å². The van der Waals surface area contributed by atoms with Gasteiger partial charge in [-0.05, 0) is 71.8 Å². The van der Waals surface area contributed by atoms with Gasteiger partial charge >= 0.3 is 5.91 Å². The van der Waals surface area contributed by atoms with Crippen LogP contribution >= 0.6 is 23.1 Å². The van der Waals surface area contributed by atoms with E-state index in [1.807, 2.05) is 18.2 Å². The number of aliphatic hydroxyl groups excluding tert-OH is 1. The fourth-order valence-electron chi connectivity index (χ4n) is 4.57. The van der Waals surface area contributed by atoms with Crippen molar-refractivity contribution in [2.24, 2.45) is 0 Å². The maximum Gasteiger partial charge on any atom is 0.301 e. The molecule has 2 heterocycles. The second kappa shape index (κ2) is 12.2. The van der Waals surface area contributed by atoms with Gasteiger partial charge in [0.05, 0.1) is 11.6 Å². The van der Waals surface area contributed by atoms with Gasteiger partial charge in [-0.2, -0.15) is 0 Å². The average Bonchev–Trinajstić information content (AvgIpc) is 3.59. The number of hydrogen-bond donors (Lipinski definition) is 1. The number of halogens is 2. The van der Waals surface area contributed by atoms with Crippen molar-refractivity contribution in [1.82, 2.24) is 10.2 Å². The number of rotatable bonds is 8. The number of ether oxygens (including phenoxy) is 1. The van der Waals surface area contributed by atoms with Crippen LogP contribution in [0.25, 0.3) is 5.76 Å². The summed E-state index contributed by atoms with van der Waals surface area (Å²) in [5.74, 6) is -1.58. The second-order valence-corrected chi connectivity index (χ2v) is 11.6. The monoisotopic (exact) mass is 613 g/mol. The number of amides is 1. The number of thioether (sulfide) groups is 1. The Kier molecular flexibility index (Phi) is 7.99. The van der Waals surface area contributed by atoms with E-state index in [1.54, 1.807) is 48.5 Å². The highest BCUT2D eigenvalue weighted by Crippen LogP contribution is 2.44. The zero-order valence-corrected chi connectivity index (χ0v) is 23.8. The Labute approximate surface area is 253 Å². The van der Waals surface area contributed by atoms with Gasteiger partial charge in [-0.15, -0.1) is 10.2 Å². The highest BCUT2D eigenvalue weighted by atomic mass is 32.2. The molecule has 5 aromatic rings. The lowest BCUT2D eigenvalue weighted by Crippen LogP contribution is -2.29. The summed E-state index contributed by atoms with van der Waals surface area (Å²) in [7, 11) is 0. The van der Waals surface area contributed by atoms with Gasteiger partial charge in [0.15, 0.2) is 4.34 Å². The van der Waals surface area contributed by atoms with Gasteiger partial charge in [0.1, 0.15) is 28.9 Å². The molecular weight excluding hydrogens is 592 g/mol. The number of carbonyl (C=O) groups excluding carboxylic acids is 2. The molecule has 4 aromatic carbocycles. The Morgan fingerprint density at radius 3 is 2.26 bits per heavy atom. The van der Waals surface area contributed by atoms with Gasteiger partial charge in [0.25, 0.3) is 5.78 Å². The Balaban J connectivity index is 1.39. The molecule has 1 unspecified atom stereocenters. The third-order valence-electron chi connectivity index (χ3n) is 6.59. The number of Topliss-reactive ketones (excluding diaryl/α,β-unsaturated/α-hetero) is 1. The number of nitrogens with zero attached hydrogens (tertiary/aromatic N) is 3. The van der Waals surface area contributed by atoms with Gasteiger partial charge in [-0.1, -0.05) is 65.6 Å². The summed E-state index contributed by atoms with van der Waals surface area (Å²) in [4.78, 5) is 28.2. The lowest BCUT2D eigenvalue weighted by molar-refractivity contribution is -0.132. The Hall–Kier alpha value is -4.87. The van der Waals surface area contributed by atoms with Crippen LogP contribution in [0.5, 0.6) is 11.5 Å². The molecule has 6 rings (SSSR count). The summed E-state index contributed by atoms with van der Waals surface area (Å²) >= 11 is 2.46. The zero-order chi connectivity index (χ0) is 29.9. The predicted octanol–water partition coefficient (Wildman–Crippen LogP) is 7.53. The number of anilines is 1. The van der Waals surface area contributed by atoms with Crippen LogP contribution in [0, 0.1) is 11.6 Å². The van der Waals surface area contributed by atoms with Crippen molar-refractivity contribution in [3.05, 3.63) is 137 Å². The molecule has 1 saturated heterocycles. The van der Waals surface area contributed by atoms with Gasteiger partial charge in [-0.3, -0.25) is 14.5 Å². The number of ketones is 1. The van der Waals surface area contributed by atoms with Crippen molar-refractivity contribution < 1.29 is 28.2 Å². The van der Waals surface area contributed by atoms with Gasteiger partial charge < -0.3 is 9.84 Å². The van der Waals surface area contributed by atoms with Crippen molar-refractivity contribution in [3.63, 3.8) is 0 Å². The van der Waals surface area contributed by atoms with Crippen LogP contribution in [0.1, 0.15) is 22.7 Å². The minimum absolute atomic E-state index is 0.154. The maximum absolute atomic E-state index is 13.6. The molecule has 7 nitrogen and oxygen atoms in total. The van der Waals surface area contributed by atoms with Gasteiger partial charge in [0, 0.05) is 11.3 Å². The normalized spacial score (nSPS) is 16.0. The van der Waals surface area contributed by atoms with Crippen LogP contribution in [0.4, 0.5) is 13.9 Å². The fraction of sp³-hybridized carbons (Fsp3) is 0.0625. The molecule has 11 heteroatoms. The van der Waals surface area contributed by atoms with Crippen LogP contribution in [-0.2, 0) is 15.3 Å².